The number of alkyl carbamates (subject to hydrolysis) is 1. The van der Waals surface area contributed by atoms with Crippen LogP contribution >= 0.6 is 11.6 Å². The van der Waals surface area contributed by atoms with Crippen LogP contribution in [0.2, 0.25) is 5.15 Å². The molecule has 2 atom stereocenters. The van der Waals surface area contributed by atoms with Gasteiger partial charge in [-0.05, 0) is 39.3 Å². The summed E-state index contributed by atoms with van der Waals surface area (Å²) in [5.74, 6) is -1.05. The second kappa shape index (κ2) is 9.38. The first kappa shape index (κ1) is 23.5. The molecule has 2 N–H and O–H groups in total. The molecular weight excluding hydrogens is 410 g/mol. The molecule has 1 aromatic heterocycles. The Kier molecular flexibility index (Phi) is 7.36. The minimum atomic E-state index is -0.929. The van der Waals surface area contributed by atoms with Gasteiger partial charge in [0.2, 0.25) is 5.91 Å². The minimum absolute atomic E-state index is 0.150. The zero-order valence-corrected chi connectivity index (χ0v) is 18.8. The predicted molar refractivity (Wildman–Crippen MR) is 114 cm³/mol. The molecule has 2 unspecified atom stereocenters. The molecule has 2 aromatic rings. The average molecular weight is 438 g/mol. The van der Waals surface area contributed by atoms with Crippen molar-refractivity contribution in [2.75, 3.05) is 14.2 Å². The number of likely N-dealkylation sites (N-methyl/N-ethyl adjacent to an activating group) is 1. The summed E-state index contributed by atoms with van der Waals surface area (Å²) >= 11 is 6.35. The van der Waals surface area contributed by atoms with E-state index < -0.39 is 35.7 Å². The summed E-state index contributed by atoms with van der Waals surface area (Å²) in [6, 6.07) is 5.66. The highest BCUT2D eigenvalue weighted by molar-refractivity contribution is 6.31. The van der Waals surface area contributed by atoms with Crippen LogP contribution in [0.15, 0.2) is 24.3 Å². The molecule has 0 spiro atoms. The van der Waals surface area contributed by atoms with Crippen LogP contribution in [-0.2, 0) is 25.5 Å². The van der Waals surface area contributed by atoms with Gasteiger partial charge in [0.05, 0.1) is 7.11 Å². The third kappa shape index (κ3) is 5.66. The smallest absolute Gasteiger partial charge is 0.408 e. The fraction of sp³-hybridized carbons (Fsp3) is 0.476. The largest absolute Gasteiger partial charge is 0.467 e. The summed E-state index contributed by atoms with van der Waals surface area (Å²) in [6.45, 7) is 6.70. The number of rotatable bonds is 6. The molecule has 2 amide bonds. The number of benzene rings is 1. The molecular formula is C21H28ClN3O5. The van der Waals surface area contributed by atoms with E-state index in [4.69, 9.17) is 21.1 Å². The van der Waals surface area contributed by atoms with Gasteiger partial charge in [0.15, 0.2) is 0 Å². The molecule has 0 radical (unpaired) electrons. The van der Waals surface area contributed by atoms with Gasteiger partial charge in [-0.2, -0.15) is 0 Å². The number of H-pyrrole nitrogens is 1. The third-order valence-electron chi connectivity index (χ3n) is 4.55. The van der Waals surface area contributed by atoms with Crippen molar-refractivity contribution in [3.05, 3.63) is 35.0 Å². The van der Waals surface area contributed by atoms with Crippen molar-refractivity contribution in [3.63, 3.8) is 0 Å². The molecule has 1 aromatic carbocycles. The van der Waals surface area contributed by atoms with E-state index in [1.54, 1.807) is 20.8 Å². The van der Waals surface area contributed by atoms with Crippen molar-refractivity contribution < 1.29 is 23.9 Å². The molecule has 0 saturated carbocycles. The van der Waals surface area contributed by atoms with Crippen LogP contribution in [-0.4, -0.2) is 59.7 Å². The molecule has 2 rings (SSSR count). The van der Waals surface area contributed by atoms with Crippen LogP contribution in [0.25, 0.3) is 10.9 Å². The van der Waals surface area contributed by atoms with Crippen LogP contribution in [0, 0.1) is 0 Å². The molecule has 0 fully saturated rings. The highest BCUT2D eigenvalue weighted by Gasteiger charge is 2.33. The van der Waals surface area contributed by atoms with Crippen molar-refractivity contribution in [2.24, 2.45) is 0 Å². The Morgan fingerprint density at radius 3 is 2.47 bits per heavy atom. The third-order valence-corrected chi connectivity index (χ3v) is 4.87. The summed E-state index contributed by atoms with van der Waals surface area (Å²) in [4.78, 5) is 41.7. The van der Waals surface area contributed by atoms with Gasteiger partial charge < -0.3 is 24.7 Å². The van der Waals surface area contributed by atoms with Crippen molar-refractivity contribution in [2.45, 2.75) is 51.8 Å². The average Bonchev–Trinajstić information content (AvgIpc) is 2.97. The van der Waals surface area contributed by atoms with Gasteiger partial charge >= 0.3 is 12.1 Å². The van der Waals surface area contributed by atoms with E-state index in [1.165, 1.54) is 26.0 Å². The predicted octanol–water partition coefficient (Wildman–Crippen LogP) is 3.28. The Morgan fingerprint density at radius 1 is 1.23 bits per heavy atom. The zero-order chi connectivity index (χ0) is 22.6. The first-order chi connectivity index (χ1) is 13.9. The summed E-state index contributed by atoms with van der Waals surface area (Å²) in [5.41, 5.74) is 0.837. The number of esters is 1. The van der Waals surface area contributed by atoms with E-state index in [0.717, 1.165) is 10.9 Å². The Labute approximate surface area is 180 Å². The van der Waals surface area contributed by atoms with Gasteiger partial charge in [0, 0.05) is 24.4 Å². The molecule has 0 saturated heterocycles. The number of halogens is 1. The van der Waals surface area contributed by atoms with Gasteiger partial charge in [-0.15, -0.1) is 0 Å². The van der Waals surface area contributed by atoms with Gasteiger partial charge in [-0.3, -0.25) is 4.79 Å². The van der Waals surface area contributed by atoms with E-state index in [0.29, 0.717) is 10.7 Å². The second-order valence-corrected chi connectivity index (χ2v) is 8.40. The van der Waals surface area contributed by atoms with E-state index >= 15 is 0 Å². The Bertz CT molecular complexity index is 934. The van der Waals surface area contributed by atoms with Crippen LogP contribution < -0.4 is 5.32 Å². The standard InChI is InChI=1S/C21H28ClN3O5/c1-12(23-20(28)30-21(2,3)4)18(26)25(5)16(19(27)29-6)11-14-13-9-7-8-10-15(13)24-17(14)22/h7-10,12,16,24H,11H2,1-6H3,(H,23,28). The molecule has 0 aliphatic rings. The van der Waals surface area contributed by atoms with Crippen LogP contribution in [0.5, 0.6) is 0 Å². The van der Waals surface area contributed by atoms with Crippen molar-refractivity contribution >= 4 is 40.5 Å². The van der Waals surface area contributed by atoms with Gasteiger partial charge in [-0.25, -0.2) is 9.59 Å². The van der Waals surface area contributed by atoms with Gasteiger partial charge in [0.25, 0.3) is 0 Å². The molecule has 164 valence electrons. The number of aromatic amines is 1. The second-order valence-electron chi connectivity index (χ2n) is 8.02. The highest BCUT2D eigenvalue weighted by Crippen LogP contribution is 2.28. The molecule has 9 heteroatoms. The van der Waals surface area contributed by atoms with Crippen LogP contribution in [0.1, 0.15) is 33.3 Å². The molecule has 0 bridgehead atoms. The van der Waals surface area contributed by atoms with Crippen LogP contribution in [0.4, 0.5) is 4.79 Å². The summed E-state index contributed by atoms with van der Waals surface area (Å²) in [6.07, 6.45) is -0.567. The number of para-hydroxylation sites is 1. The topological polar surface area (TPSA) is 101 Å². The van der Waals surface area contributed by atoms with E-state index in [-0.39, 0.29) is 6.42 Å². The molecule has 30 heavy (non-hydrogen) atoms. The molecule has 1 heterocycles. The number of hydrogen-bond acceptors (Lipinski definition) is 5. The zero-order valence-electron chi connectivity index (χ0n) is 18.0. The van der Waals surface area contributed by atoms with Crippen molar-refractivity contribution in [1.29, 1.82) is 0 Å². The Hall–Kier alpha value is -2.74. The van der Waals surface area contributed by atoms with E-state index in [2.05, 4.69) is 10.3 Å². The van der Waals surface area contributed by atoms with E-state index in [1.807, 2.05) is 24.3 Å². The maximum absolute atomic E-state index is 12.9. The maximum atomic E-state index is 12.9. The number of nitrogens with one attached hydrogen (secondary N) is 2. The maximum Gasteiger partial charge on any atom is 0.408 e. The fourth-order valence-electron chi connectivity index (χ4n) is 3.08. The SMILES string of the molecule is COC(=O)C(Cc1c(Cl)[nH]c2ccccc12)N(C)C(=O)C(C)NC(=O)OC(C)(C)C. The van der Waals surface area contributed by atoms with Gasteiger partial charge in [0.1, 0.15) is 22.8 Å². The number of aromatic nitrogens is 1. The number of amides is 2. The number of carbonyl (C=O) groups excluding carboxylic acids is 3. The quantitative estimate of drug-likeness (QED) is 0.675. The number of methoxy groups -OCH3 is 1. The Balaban J connectivity index is 2.21. The number of ether oxygens (including phenoxy) is 2. The lowest BCUT2D eigenvalue weighted by molar-refractivity contribution is -0.152. The lowest BCUT2D eigenvalue weighted by atomic mass is 10.0. The number of nitrogens with zero attached hydrogens (tertiary/aromatic N) is 1. The Morgan fingerprint density at radius 2 is 1.87 bits per heavy atom. The van der Waals surface area contributed by atoms with Crippen molar-refractivity contribution in [1.82, 2.24) is 15.2 Å². The lowest BCUT2D eigenvalue weighted by Crippen LogP contribution is -2.52. The number of hydrogen-bond donors (Lipinski definition) is 2. The number of carbonyl (C=O) groups is 3. The van der Waals surface area contributed by atoms with Crippen LogP contribution in [0.3, 0.4) is 0 Å². The highest BCUT2D eigenvalue weighted by atomic mass is 35.5. The summed E-state index contributed by atoms with van der Waals surface area (Å²) < 4.78 is 10.1. The summed E-state index contributed by atoms with van der Waals surface area (Å²) in [7, 11) is 2.74. The lowest BCUT2D eigenvalue weighted by Gasteiger charge is -2.29. The fourth-order valence-corrected chi connectivity index (χ4v) is 3.36. The minimum Gasteiger partial charge on any atom is -0.467 e. The first-order valence-electron chi connectivity index (χ1n) is 9.53. The molecule has 8 nitrogen and oxygen atoms in total. The summed E-state index contributed by atoms with van der Waals surface area (Å²) in [5, 5.41) is 3.74. The van der Waals surface area contributed by atoms with Gasteiger partial charge in [-0.1, -0.05) is 29.8 Å². The van der Waals surface area contributed by atoms with Crippen molar-refractivity contribution in [3.8, 4) is 0 Å². The molecule has 0 aliphatic heterocycles. The number of fused-ring (bicyclic) bond motifs is 1. The normalized spacial score (nSPS) is 13.4. The van der Waals surface area contributed by atoms with E-state index in [9.17, 15) is 14.4 Å². The monoisotopic (exact) mass is 437 g/mol. The first-order valence-corrected chi connectivity index (χ1v) is 9.91. The molecule has 0 aliphatic carbocycles.